The predicted octanol–water partition coefficient (Wildman–Crippen LogP) is 3.22. The summed E-state index contributed by atoms with van der Waals surface area (Å²) in [5.41, 5.74) is 0. The molecule has 0 bridgehead atoms. The number of hydrogen-bond acceptors (Lipinski definition) is 2. The Morgan fingerprint density at radius 2 is 1.93 bits per heavy atom. The molecular weight excluding hydrogens is 239 g/mol. The Morgan fingerprint density at radius 1 is 1.40 bits per heavy atom. The van der Waals surface area contributed by atoms with Crippen molar-refractivity contribution < 1.29 is 14.6 Å². The third kappa shape index (κ3) is 9.12. The molecule has 0 aromatic heterocycles. The summed E-state index contributed by atoms with van der Waals surface area (Å²) < 4.78 is 4.29. The van der Waals surface area contributed by atoms with Crippen LogP contribution in [0.3, 0.4) is 0 Å². The van der Waals surface area contributed by atoms with Crippen LogP contribution >= 0.6 is 23.2 Å². The van der Waals surface area contributed by atoms with Crippen molar-refractivity contribution in [1.29, 1.82) is 0 Å². The molecule has 0 spiro atoms. The van der Waals surface area contributed by atoms with Crippen molar-refractivity contribution in [3.05, 3.63) is 46.6 Å². The van der Waals surface area contributed by atoms with Gasteiger partial charge in [-0.05, 0) is 18.2 Å². The van der Waals surface area contributed by atoms with E-state index in [1.54, 1.807) is 18.2 Å². The average molecular weight is 249 g/mol. The molecule has 0 fully saturated rings. The largest absolute Gasteiger partial charge is 0.504 e. The number of carboxylic acid groups (broad SMARTS) is 1. The molecule has 1 aromatic rings. The minimum Gasteiger partial charge on any atom is -0.504 e. The SMILES string of the molecule is COC=CC(=O)O.Clc1cccc(Cl)c1. The molecular formula is C10H10Cl2O3. The highest BCUT2D eigenvalue weighted by Crippen LogP contribution is 2.13. The number of hydrogen-bond donors (Lipinski definition) is 1. The minimum absolute atomic E-state index is 0.678. The zero-order valence-electron chi connectivity index (χ0n) is 7.98. The second-order valence-corrected chi connectivity index (χ2v) is 3.19. The van der Waals surface area contributed by atoms with E-state index in [1.807, 2.05) is 6.07 Å². The highest BCUT2D eigenvalue weighted by atomic mass is 35.5. The topological polar surface area (TPSA) is 46.5 Å². The first-order valence-corrected chi connectivity index (χ1v) is 4.65. The monoisotopic (exact) mass is 248 g/mol. The molecule has 3 nitrogen and oxygen atoms in total. The number of halogens is 2. The Hall–Kier alpha value is -1.19. The molecule has 15 heavy (non-hydrogen) atoms. The van der Waals surface area contributed by atoms with Gasteiger partial charge < -0.3 is 9.84 Å². The molecule has 0 amide bonds. The maximum Gasteiger partial charge on any atom is 0.331 e. The first-order chi connectivity index (χ1) is 7.06. The molecule has 0 unspecified atom stereocenters. The summed E-state index contributed by atoms with van der Waals surface area (Å²) in [5.74, 6) is -0.998. The molecule has 0 aliphatic rings. The molecule has 0 aliphatic heterocycles. The Balaban J connectivity index is 0.000000265. The van der Waals surface area contributed by atoms with E-state index in [2.05, 4.69) is 4.74 Å². The Morgan fingerprint density at radius 3 is 2.13 bits per heavy atom. The number of ether oxygens (including phenoxy) is 1. The highest BCUT2D eigenvalue weighted by molar-refractivity contribution is 6.34. The van der Waals surface area contributed by atoms with E-state index >= 15 is 0 Å². The molecule has 82 valence electrons. The van der Waals surface area contributed by atoms with Crippen LogP contribution in [0, 0.1) is 0 Å². The van der Waals surface area contributed by atoms with E-state index in [1.165, 1.54) is 7.11 Å². The predicted molar refractivity (Wildman–Crippen MR) is 60.2 cm³/mol. The van der Waals surface area contributed by atoms with Crippen molar-refractivity contribution in [3.63, 3.8) is 0 Å². The van der Waals surface area contributed by atoms with Gasteiger partial charge >= 0.3 is 5.97 Å². The van der Waals surface area contributed by atoms with Gasteiger partial charge in [-0.3, -0.25) is 0 Å². The van der Waals surface area contributed by atoms with Crippen LogP contribution in [0.25, 0.3) is 0 Å². The van der Waals surface area contributed by atoms with Gasteiger partial charge in [0.2, 0.25) is 0 Å². The van der Waals surface area contributed by atoms with E-state index in [-0.39, 0.29) is 0 Å². The van der Waals surface area contributed by atoms with Gasteiger partial charge in [0.05, 0.1) is 19.4 Å². The van der Waals surface area contributed by atoms with Gasteiger partial charge in [0.15, 0.2) is 0 Å². The minimum atomic E-state index is -0.998. The number of carboxylic acids is 1. The summed E-state index contributed by atoms with van der Waals surface area (Å²) in [6, 6.07) is 7.08. The first kappa shape index (κ1) is 13.8. The maximum absolute atomic E-state index is 9.59. The Kier molecular flexibility index (Phi) is 7.50. The number of methoxy groups -OCH3 is 1. The van der Waals surface area contributed by atoms with Gasteiger partial charge in [-0.1, -0.05) is 29.3 Å². The van der Waals surface area contributed by atoms with Gasteiger partial charge in [0, 0.05) is 10.0 Å². The van der Waals surface area contributed by atoms with E-state index in [0.29, 0.717) is 10.0 Å². The molecule has 5 heteroatoms. The van der Waals surface area contributed by atoms with Crippen LogP contribution in [0.15, 0.2) is 36.6 Å². The van der Waals surface area contributed by atoms with Crippen molar-refractivity contribution in [1.82, 2.24) is 0 Å². The van der Waals surface area contributed by atoms with Crippen LogP contribution in [-0.4, -0.2) is 18.2 Å². The summed E-state index contributed by atoms with van der Waals surface area (Å²) >= 11 is 11.1. The first-order valence-electron chi connectivity index (χ1n) is 3.89. The van der Waals surface area contributed by atoms with Crippen molar-refractivity contribution in [3.8, 4) is 0 Å². The Bertz CT molecular complexity index is 320. The lowest BCUT2D eigenvalue weighted by molar-refractivity contribution is -0.131. The van der Waals surface area contributed by atoms with Gasteiger partial charge in [-0.25, -0.2) is 4.79 Å². The van der Waals surface area contributed by atoms with Crippen LogP contribution in [0.5, 0.6) is 0 Å². The molecule has 0 saturated heterocycles. The van der Waals surface area contributed by atoms with Crippen LogP contribution in [0.2, 0.25) is 10.0 Å². The summed E-state index contributed by atoms with van der Waals surface area (Å²) in [7, 11) is 1.39. The van der Waals surface area contributed by atoms with Gasteiger partial charge in [-0.2, -0.15) is 0 Å². The van der Waals surface area contributed by atoms with E-state index in [4.69, 9.17) is 28.3 Å². The lowest BCUT2D eigenvalue weighted by Gasteiger charge is -1.86. The number of carbonyl (C=O) groups is 1. The van der Waals surface area contributed by atoms with Crippen molar-refractivity contribution in [2.75, 3.05) is 7.11 Å². The number of benzene rings is 1. The second kappa shape index (κ2) is 8.15. The molecule has 0 atom stereocenters. The molecule has 0 heterocycles. The van der Waals surface area contributed by atoms with Gasteiger partial charge in [-0.15, -0.1) is 0 Å². The van der Waals surface area contributed by atoms with Crippen molar-refractivity contribution in [2.45, 2.75) is 0 Å². The van der Waals surface area contributed by atoms with E-state index in [0.717, 1.165) is 12.3 Å². The quantitative estimate of drug-likeness (QED) is 0.646. The normalized spacial score (nSPS) is 9.27. The van der Waals surface area contributed by atoms with E-state index < -0.39 is 5.97 Å². The van der Waals surface area contributed by atoms with Crippen molar-refractivity contribution >= 4 is 29.2 Å². The standard InChI is InChI=1S/C6H4Cl2.C4H6O3/c7-5-2-1-3-6(8)4-5;1-7-3-2-4(5)6/h1-4H;2-3H,1H3,(H,5,6). The summed E-state index contributed by atoms with van der Waals surface area (Å²) in [6.45, 7) is 0. The molecule has 1 rings (SSSR count). The lowest BCUT2D eigenvalue weighted by Crippen LogP contribution is -1.85. The van der Waals surface area contributed by atoms with Crippen molar-refractivity contribution in [2.24, 2.45) is 0 Å². The number of rotatable bonds is 2. The molecule has 1 aromatic carbocycles. The zero-order valence-corrected chi connectivity index (χ0v) is 9.50. The zero-order chi connectivity index (χ0) is 11.7. The second-order valence-electron chi connectivity index (χ2n) is 2.32. The maximum atomic E-state index is 9.59. The Labute approximate surface area is 97.9 Å². The fourth-order valence-corrected chi connectivity index (χ4v) is 1.02. The van der Waals surface area contributed by atoms with E-state index in [9.17, 15) is 4.79 Å². The molecule has 0 radical (unpaired) electrons. The summed E-state index contributed by atoms with van der Waals surface area (Å²) in [5, 5.41) is 9.23. The molecule has 1 N–H and O–H groups in total. The highest BCUT2D eigenvalue weighted by Gasteiger charge is 1.85. The average Bonchev–Trinajstić information content (AvgIpc) is 2.15. The fourth-order valence-electron chi connectivity index (χ4n) is 0.586. The third-order valence-corrected chi connectivity index (χ3v) is 1.60. The smallest absolute Gasteiger partial charge is 0.331 e. The number of aliphatic carboxylic acids is 1. The molecule has 0 aliphatic carbocycles. The summed E-state index contributed by atoms with van der Waals surface area (Å²) in [4.78, 5) is 9.59. The van der Waals surface area contributed by atoms with Crippen LogP contribution < -0.4 is 0 Å². The lowest BCUT2D eigenvalue weighted by atomic mass is 10.4. The van der Waals surface area contributed by atoms with Crippen LogP contribution in [-0.2, 0) is 9.53 Å². The fraction of sp³-hybridized carbons (Fsp3) is 0.100. The van der Waals surface area contributed by atoms with Gasteiger partial charge in [0.25, 0.3) is 0 Å². The van der Waals surface area contributed by atoms with Gasteiger partial charge in [0.1, 0.15) is 0 Å². The molecule has 0 saturated carbocycles. The van der Waals surface area contributed by atoms with Crippen LogP contribution in [0.4, 0.5) is 0 Å². The summed E-state index contributed by atoms with van der Waals surface area (Å²) in [6.07, 6.45) is 2.02. The third-order valence-electron chi connectivity index (χ3n) is 1.13. The van der Waals surface area contributed by atoms with Crippen LogP contribution in [0.1, 0.15) is 0 Å².